The van der Waals surface area contributed by atoms with Crippen molar-refractivity contribution in [1.29, 1.82) is 0 Å². The second-order valence-electron chi connectivity index (χ2n) is 4.65. The van der Waals surface area contributed by atoms with Gasteiger partial charge in [0.05, 0.1) is 12.9 Å². The molecule has 23 heavy (non-hydrogen) atoms. The number of nitrogens with one attached hydrogen (secondary N) is 2. The van der Waals surface area contributed by atoms with Gasteiger partial charge in [-0.1, -0.05) is 18.2 Å². The van der Waals surface area contributed by atoms with Crippen LogP contribution in [0.25, 0.3) is 0 Å². The molecule has 0 radical (unpaired) electrons. The molecule has 0 aliphatic carbocycles. The van der Waals surface area contributed by atoms with E-state index in [-0.39, 0.29) is 24.0 Å². The lowest BCUT2D eigenvalue weighted by molar-refractivity contribution is 0.700. The van der Waals surface area contributed by atoms with Crippen molar-refractivity contribution in [1.82, 2.24) is 20.2 Å². The number of benzene rings is 1. The molecule has 1 aromatic carbocycles. The maximum Gasteiger partial charge on any atom is 0.191 e. The summed E-state index contributed by atoms with van der Waals surface area (Å²) in [5.41, 5.74) is 0. The van der Waals surface area contributed by atoms with Crippen LogP contribution in [0.1, 0.15) is 6.92 Å². The van der Waals surface area contributed by atoms with Crippen LogP contribution in [0.15, 0.2) is 58.9 Å². The highest BCUT2D eigenvalue weighted by Crippen LogP contribution is 2.15. The molecule has 1 heterocycles. The molecule has 0 saturated heterocycles. The number of rotatable bonds is 8. The van der Waals surface area contributed by atoms with Crippen molar-refractivity contribution in [3.8, 4) is 0 Å². The molecule has 0 amide bonds. The standard InChI is InChI=1S/C16H23N5S.HI/c1-2-18-16(19-9-12-21-11-8-17-14-21)20-10-13-22-15-6-4-3-5-7-15;/h3-8,11,14H,2,9-10,12-13H2,1H3,(H2,18,19,20);1H. The Bertz CT molecular complexity index is 545. The zero-order valence-corrected chi connectivity index (χ0v) is 16.5. The lowest BCUT2D eigenvalue weighted by Crippen LogP contribution is -2.38. The summed E-state index contributed by atoms with van der Waals surface area (Å²) >= 11 is 1.84. The molecule has 0 bridgehead atoms. The Morgan fingerprint density at radius 2 is 2.09 bits per heavy atom. The van der Waals surface area contributed by atoms with E-state index in [2.05, 4.69) is 51.8 Å². The Labute approximate surface area is 159 Å². The first-order chi connectivity index (χ1) is 10.9. The fraction of sp³-hybridized carbons (Fsp3) is 0.375. The van der Waals surface area contributed by atoms with Crippen LogP contribution in [-0.2, 0) is 6.54 Å². The fourth-order valence-electron chi connectivity index (χ4n) is 1.89. The van der Waals surface area contributed by atoms with Gasteiger partial charge in [0.1, 0.15) is 0 Å². The van der Waals surface area contributed by atoms with Crippen LogP contribution in [-0.4, -0.2) is 40.9 Å². The summed E-state index contributed by atoms with van der Waals surface area (Å²) in [4.78, 5) is 9.89. The highest BCUT2D eigenvalue weighted by Gasteiger charge is 1.97. The fourth-order valence-corrected chi connectivity index (χ4v) is 2.68. The summed E-state index contributed by atoms with van der Waals surface area (Å²) in [6.45, 7) is 5.40. The molecule has 2 aromatic rings. The van der Waals surface area contributed by atoms with Crippen molar-refractivity contribution >= 4 is 41.7 Å². The molecular weight excluding hydrogens is 421 g/mol. The molecule has 5 nitrogen and oxygen atoms in total. The van der Waals surface area contributed by atoms with E-state index in [4.69, 9.17) is 0 Å². The second kappa shape index (κ2) is 12.2. The van der Waals surface area contributed by atoms with E-state index < -0.39 is 0 Å². The van der Waals surface area contributed by atoms with Gasteiger partial charge >= 0.3 is 0 Å². The van der Waals surface area contributed by atoms with Crippen LogP contribution in [0.5, 0.6) is 0 Å². The van der Waals surface area contributed by atoms with Crippen LogP contribution < -0.4 is 10.6 Å². The minimum Gasteiger partial charge on any atom is -0.357 e. The molecule has 7 heteroatoms. The van der Waals surface area contributed by atoms with Gasteiger partial charge < -0.3 is 15.2 Å². The molecule has 0 aliphatic heterocycles. The van der Waals surface area contributed by atoms with Crippen LogP contribution in [0.2, 0.25) is 0 Å². The van der Waals surface area contributed by atoms with Crippen LogP contribution in [0, 0.1) is 0 Å². The summed E-state index contributed by atoms with van der Waals surface area (Å²) in [5.74, 6) is 1.88. The van der Waals surface area contributed by atoms with E-state index in [0.717, 1.165) is 37.9 Å². The smallest absolute Gasteiger partial charge is 0.191 e. The van der Waals surface area contributed by atoms with Gasteiger partial charge in [-0.25, -0.2) is 4.98 Å². The number of hydrogen-bond donors (Lipinski definition) is 2. The molecule has 0 atom stereocenters. The first-order valence-electron chi connectivity index (χ1n) is 7.54. The van der Waals surface area contributed by atoms with Gasteiger partial charge in [0, 0.05) is 42.7 Å². The molecule has 0 aliphatic rings. The molecule has 0 unspecified atom stereocenters. The summed E-state index contributed by atoms with van der Waals surface area (Å²) in [6, 6.07) is 10.4. The maximum atomic E-state index is 4.57. The first-order valence-corrected chi connectivity index (χ1v) is 8.53. The predicted molar refractivity (Wildman–Crippen MR) is 109 cm³/mol. The van der Waals surface area contributed by atoms with Gasteiger partial charge in [-0.2, -0.15) is 0 Å². The minimum absolute atomic E-state index is 0. The molecule has 0 saturated carbocycles. The van der Waals surface area contributed by atoms with Gasteiger partial charge in [-0.15, -0.1) is 35.7 Å². The predicted octanol–water partition coefficient (Wildman–Crippen LogP) is 2.85. The zero-order chi connectivity index (χ0) is 15.5. The van der Waals surface area contributed by atoms with Crippen LogP contribution >= 0.6 is 35.7 Å². The van der Waals surface area contributed by atoms with Gasteiger partial charge in [-0.3, -0.25) is 4.99 Å². The summed E-state index contributed by atoms with van der Waals surface area (Å²) in [5, 5.41) is 6.63. The van der Waals surface area contributed by atoms with Gasteiger partial charge in [-0.05, 0) is 19.1 Å². The van der Waals surface area contributed by atoms with E-state index in [1.54, 1.807) is 6.20 Å². The molecule has 126 valence electrons. The Hall–Kier alpha value is -1.22. The van der Waals surface area contributed by atoms with E-state index in [0.29, 0.717) is 0 Å². The van der Waals surface area contributed by atoms with E-state index in [1.165, 1.54) is 4.90 Å². The van der Waals surface area contributed by atoms with Gasteiger partial charge in [0.15, 0.2) is 5.96 Å². The molecule has 2 N–H and O–H groups in total. The second-order valence-corrected chi connectivity index (χ2v) is 5.82. The molecular formula is C16H24IN5S. The number of thioether (sulfide) groups is 1. The number of nitrogens with zero attached hydrogens (tertiary/aromatic N) is 3. The minimum atomic E-state index is 0. The largest absolute Gasteiger partial charge is 0.357 e. The van der Waals surface area contributed by atoms with Crippen molar-refractivity contribution in [3.05, 3.63) is 49.1 Å². The maximum absolute atomic E-state index is 4.57. The number of hydrogen-bond acceptors (Lipinski definition) is 3. The third kappa shape index (κ3) is 8.26. The highest BCUT2D eigenvalue weighted by atomic mass is 127. The third-order valence-electron chi connectivity index (χ3n) is 2.94. The lowest BCUT2D eigenvalue weighted by atomic mass is 10.4. The Balaban J connectivity index is 0.00000264. The van der Waals surface area contributed by atoms with Crippen molar-refractivity contribution < 1.29 is 0 Å². The number of imidazole rings is 1. The SMILES string of the molecule is CCNC(=NCCn1ccnc1)NCCSc1ccccc1.I. The van der Waals surface area contributed by atoms with Crippen molar-refractivity contribution in [2.45, 2.75) is 18.4 Å². The summed E-state index contributed by atoms with van der Waals surface area (Å²) < 4.78 is 2.03. The third-order valence-corrected chi connectivity index (χ3v) is 3.95. The van der Waals surface area contributed by atoms with E-state index >= 15 is 0 Å². The van der Waals surface area contributed by atoms with Gasteiger partial charge in [0.2, 0.25) is 0 Å². The Kier molecular flexibility index (Phi) is 10.5. The summed E-state index contributed by atoms with van der Waals surface area (Å²) in [6.07, 6.45) is 5.55. The Morgan fingerprint density at radius 3 is 2.78 bits per heavy atom. The monoisotopic (exact) mass is 445 g/mol. The number of aromatic nitrogens is 2. The quantitative estimate of drug-likeness (QED) is 0.216. The van der Waals surface area contributed by atoms with Gasteiger partial charge in [0.25, 0.3) is 0 Å². The average molecular weight is 445 g/mol. The molecule has 2 rings (SSSR count). The number of halogens is 1. The summed E-state index contributed by atoms with van der Waals surface area (Å²) in [7, 11) is 0. The number of aliphatic imine (C=N–C) groups is 1. The molecule has 0 spiro atoms. The van der Waals surface area contributed by atoms with E-state index in [9.17, 15) is 0 Å². The lowest BCUT2D eigenvalue weighted by Gasteiger charge is -2.11. The average Bonchev–Trinajstić information content (AvgIpc) is 3.06. The van der Waals surface area contributed by atoms with Crippen molar-refractivity contribution in [2.75, 3.05) is 25.4 Å². The topological polar surface area (TPSA) is 54.2 Å². The highest BCUT2D eigenvalue weighted by molar-refractivity contribution is 14.0. The van der Waals surface area contributed by atoms with E-state index in [1.807, 2.05) is 34.9 Å². The van der Waals surface area contributed by atoms with Crippen molar-refractivity contribution in [3.63, 3.8) is 0 Å². The normalized spacial score (nSPS) is 10.9. The molecule has 1 aromatic heterocycles. The van der Waals surface area contributed by atoms with Crippen LogP contribution in [0.4, 0.5) is 0 Å². The molecule has 0 fully saturated rings. The number of guanidine groups is 1. The zero-order valence-electron chi connectivity index (χ0n) is 13.3. The van der Waals surface area contributed by atoms with Crippen LogP contribution in [0.3, 0.4) is 0 Å². The Morgan fingerprint density at radius 1 is 1.26 bits per heavy atom. The van der Waals surface area contributed by atoms with Crippen molar-refractivity contribution in [2.24, 2.45) is 4.99 Å². The first kappa shape index (κ1) is 19.8.